The van der Waals surface area contributed by atoms with E-state index in [4.69, 9.17) is 9.84 Å². The number of anilines is 5. The highest BCUT2D eigenvalue weighted by Gasteiger charge is 2.13. The van der Waals surface area contributed by atoms with Gasteiger partial charge in [0.25, 0.3) is 0 Å². The predicted molar refractivity (Wildman–Crippen MR) is 121 cm³/mol. The number of carbonyl (C=O) groups is 2. The third-order valence-corrected chi connectivity index (χ3v) is 4.08. The van der Waals surface area contributed by atoms with E-state index in [-0.39, 0.29) is 30.9 Å². The number of nitrogens with one attached hydrogen (secondary N) is 3. The van der Waals surface area contributed by atoms with Gasteiger partial charge in [-0.05, 0) is 37.3 Å². The number of Topliss-reactive ketones (excluding diaryl/α,β-unsaturated/α-hetero) is 1. The van der Waals surface area contributed by atoms with Crippen LogP contribution in [-0.4, -0.2) is 45.0 Å². The molecule has 4 N–H and O–H groups in total. The highest BCUT2D eigenvalue weighted by molar-refractivity contribution is 6.00. The lowest BCUT2D eigenvalue weighted by Gasteiger charge is -2.13. The molecule has 0 unspecified atom stereocenters. The summed E-state index contributed by atoms with van der Waals surface area (Å²) in [6.45, 7) is 4.91. The summed E-state index contributed by atoms with van der Waals surface area (Å²) < 4.78 is 5.23. The zero-order chi connectivity index (χ0) is 22.9. The second kappa shape index (κ2) is 10.6. The van der Waals surface area contributed by atoms with Gasteiger partial charge < -0.3 is 25.8 Å². The van der Waals surface area contributed by atoms with Gasteiger partial charge in [0.2, 0.25) is 17.7 Å². The van der Waals surface area contributed by atoms with E-state index >= 15 is 0 Å². The summed E-state index contributed by atoms with van der Waals surface area (Å²) in [5, 5.41) is 17.6. The van der Waals surface area contributed by atoms with E-state index in [1.54, 1.807) is 36.4 Å². The van der Waals surface area contributed by atoms with Crippen LogP contribution in [0.5, 0.6) is 5.88 Å². The summed E-state index contributed by atoms with van der Waals surface area (Å²) in [5.74, 6) is 0.393. The van der Waals surface area contributed by atoms with E-state index in [2.05, 4.69) is 37.5 Å². The van der Waals surface area contributed by atoms with Crippen molar-refractivity contribution < 1.29 is 19.4 Å². The van der Waals surface area contributed by atoms with Gasteiger partial charge in [0.05, 0.1) is 24.1 Å². The standard InChI is InChI=1S/C22H22N6O4/c1-3-19(31)25-15-5-4-6-16(11-15)26-21-18(14(2)30)13-24-22(28-21)27-17-7-8-20(23-12-17)32-10-9-29/h3-8,11-13,29H,1,9-10H2,2H3,(H,25,31)(H2,24,26,27,28). The molecule has 2 heterocycles. The van der Waals surface area contributed by atoms with Crippen molar-refractivity contribution in [1.82, 2.24) is 15.0 Å². The molecule has 3 rings (SSSR count). The summed E-state index contributed by atoms with van der Waals surface area (Å²) in [6, 6.07) is 10.3. The van der Waals surface area contributed by atoms with Gasteiger partial charge in [0.15, 0.2) is 5.78 Å². The smallest absolute Gasteiger partial charge is 0.247 e. The van der Waals surface area contributed by atoms with Gasteiger partial charge in [-0.1, -0.05) is 12.6 Å². The maximum atomic E-state index is 12.1. The Kier molecular flexibility index (Phi) is 7.44. The highest BCUT2D eigenvalue weighted by atomic mass is 16.5. The lowest BCUT2D eigenvalue weighted by atomic mass is 10.2. The minimum absolute atomic E-state index is 0.0999. The van der Waals surface area contributed by atoms with Crippen LogP contribution in [-0.2, 0) is 4.79 Å². The Balaban J connectivity index is 1.80. The molecule has 0 spiro atoms. The molecule has 0 radical (unpaired) electrons. The van der Waals surface area contributed by atoms with Crippen LogP contribution in [0.15, 0.2) is 61.4 Å². The highest BCUT2D eigenvalue weighted by Crippen LogP contribution is 2.24. The molecular formula is C22H22N6O4. The molecule has 0 saturated heterocycles. The monoisotopic (exact) mass is 434 g/mol. The van der Waals surface area contributed by atoms with E-state index in [1.165, 1.54) is 25.4 Å². The molecule has 1 aromatic carbocycles. The van der Waals surface area contributed by atoms with Crippen LogP contribution in [0, 0.1) is 0 Å². The Morgan fingerprint density at radius 3 is 2.59 bits per heavy atom. The minimum Gasteiger partial charge on any atom is -0.475 e. The summed E-state index contributed by atoms with van der Waals surface area (Å²) >= 11 is 0. The third-order valence-electron chi connectivity index (χ3n) is 4.08. The first kappa shape index (κ1) is 22.4. The lowest BCUT2D eigenvalue weighted by Crippen LogP contribution is -2.09. The van der Waals surface area contributed by atoms with Crippen LogP contribution in [0.3, 0.4) is 0 Å². The van der Waals surface area contributed by atoms with Crippen LogP contribution >= 0.6 is 0 Å². The summed E-state index contributed by atoms with van der Waals surface area (Å²) in [5.41, 5.74) is 2.09. The zero-order valence-electron chi connectivity index (χ0n) is 17.3. The molecule has 0 aliphatic heterocycles. The van der Waals surface area contributed by atoms with Crippen LogP contribution in [0.25, 0.3) is 0 Å². The van der Waals surface area contributed by atoms with Gasteiger partial charge >= 0.3 is 0 Å². The molecule has 3 aromatic rings. The molecule has 0 bridgehead atoms. The largest absolute Gasteiger partial charge is 0.475 e. The van der Waals surface area contributed by atoms with Crippen molar-refractivity contribution in [3.8, 4) is 5.88 Å². The first-order valence-corrected chi connectivity index (χ1v) is 9.63. The molecule has 164 valence electrons. The Hall–Kier alpha value is -4.31. The molecule has 10 heteroatoms. The predicted octanol–water partition coefficient (Wildman–Crippen LogP) is 3.06. The van der Waals surface area contributed by atoms with Crippen LogP contribution < -0.4 is 20.7 Å². The van der Waals surface area contributed by atoms with Crippen molar-refractivity contribution in [3.05, 3.63) is 67.0 Å². The van der Waals surface area contributed by atoms with Gasteiger partial charge in [0, 0.05) is 23.6 Å². The zero-order valence-corrected chi connectivity index (χ0v) is 17.3. The first-order valence-electron chi connectivity index (χ1n) is 9.63. The van der Waals surface area contributed by atoms with Crippen molar-refractivity contribution in [3.63, 3.8) is 0 Å². The van der Waals surface area contributed by atoms with Gasteiger partial charge in [0.1, 0.15) is 12.4 Å². The average Bonchev–Trinajstić information content (AvgIpc) is 2.79. The Bertz CT molecular complexity index is 1120. The SMILES string of the molecule is C=CC(=O)Nc1cccc(Nc2nc(Nc3ccc(OCCO)nc3)ncc2C(C)=O)c1. The number of aromatic nitrogens is 3. The van der Waals surface area contributed by atoms with E-state index in [0.717, 1.165) is 0 Å². The van der Waals surface area contributed by atoms with E-state index in [9.17, 15) is 9.59 Å². The van der Waals surface area contributed by atoms with Crippen molar-refractivity contribution in [2.24, 2.45) is 0 Å². The number of aliphatic hydroxyl groups excluding tert-OH is 1. The van der Waals surface area contributed by atoms with Gasteiger partial charge in [-0.2, -0.15) is 4.98 Å². The topological polar surface area (TPSA) is 138 Å². The summed E-state index contributed by atoms with van der Waals surface area (Å²) in [7, 11) is 0. The third kappa shape index (κ3) is 6.09. The Labute approximate surface area is 184 Å². The number of nitrogens with zero attached hydrogens (tertiary/aromatic N) is 3. The molecule has 32 heavy (non-hydrogen) atoms. The number of hydrogen-bond acceptors (Lipinski definition) is 9. The molecule has 0 aliphatic rings. The maximum Gasteiger partial charge on any atom is 0.247 e. The van der Waals surface area contributed by atoms with Crippen LogP contribution in [0.4, 0.5) is 28.8 Å². The van der Waals surface area contributed by atoms with Gasteiger partial charge in [-0.3, -0.25) is 9.59 Å². The number of carbonyl (C=O) groups excluding carboxylic acids is 2. The number of ketones is 1. The van der Waals surface area contributed by atoms with Crippen molar-refractivity contribution >= 4 is 40.5 Å². The number of hydrogen-bond donors (Lipinski definition) is 4. The number of amides is 1. The fourth-order valence-corrected chi connectivity index (χ4v) is 2.62. The molecule has 0 fully saturated rings. The Morgan fingerprint density at radius 2 is 1.91 bits per heavy atom. The molecule has 2 aromatic heterocycles. The van der Waals surface area contributed by atoms with E-state index in [1.807, 2.05) is 0 Å². The number of aliphatic hydroxyl groups is 1. The fraction of sp³-hybridized carbons (Fsp3) is 0.136. The number of benzene rings is 1. The lowest BCUT2D eigenvalue weighted by molar-refractivity contribution is -0.111. The normalized spacial score (nSPS) is 10.2. The number of rotatable bonds is 10. The average molecular weight is 434 g/mol. The quantitative estimate of drug-likeness (QED) is 0.280. The Morgan fingerprint density at radius 1 is 1.09 bits per heavy atom. The second-order valence-corrected chi connectivity index (χ2v) is 6.49. The van der Waals surface area contributed by atoms with Crippen molar-refractivity contribution in [1.29, 1.82) is 0 Å². The molecular weight excluding hydrogens is 412 g/mol. The molecule has 10 nitrogen and oxygen atoms in total. The molecule has 0 saturated carbocycles. The summed E-state index contributed by atoms with van der Waals surface area (Å²) in [6.07, 6.45) is 4.14. The van der Waals surface area contributed by atoms with Crippen molar-refractivity contribution in [2.45, 2.75) is 6.92 Å². The maximum absolute atomic E-state index is 12.1. The van der Waals surface area contributed by atoms with E-state index < -0.39 is 0 Å². The second-order valence-electron chi connectivity index (χ2n) is 6.49. The number of pyridine rings is 1. The fourth-order valence-electron chi connectivity index (χ4n) is 2.62. The minimum atomic E-state index is -0.332. The van der Waals surface area contributed by atoms with Crippen LogP contribution in [0.1, 0.15) is 17.3 Å². The van der Waals surface area contributed by atoms with Gasteiger partial charge in [-0.25, -0.2) is 9.97 Å². The van der Waals surface area contributed by atoms with E-state index in [0.29, 0.717) is 34.3 Å². The summed E-state index contributed by atoms with van der Waals surface area (Å²) in [4.78, 5) is 36.3. The number of ether oxygens (including phenoxy) is 1. The first-order chi connectivity index (χ1) is 15.5. The van der Waals surface area contributed by atoms with Crippen LogP contribution in [0.2, 0.25) is 0 Å². The molecule has 1 amide bonds. The molecule has 0 atom stereocenters. The van der Waals surface area contributed by atoms with Crippen molar-refractivity contribution in [2.75, 3.05) is 29.2 Å². The van der Waals surface area contributed by atoms with Gasteiger partial charge in [-0.15, -0.1) is 0 Å². The molecule has 0 aliphatic carbocycles.